The minimum atomic E-state index is -1.21. The summed E-state index contributed by atoms with van der Waals surface area (Å²) in [5.74, 6) is 0. The van der Waals surface area contributed by atoms with Crippen molar-refractivity contribution in [1.82, 2.24) is 0 Å². The van der Waals surface area contributed by atoms with E-state index in [-0.39, 0.29) is 6.29 Å². The molecule has 0 N–H and O–H groups in total. The van der Waals surface area contributed by atoms with Gasteiger partial charge in [0, 0.05) is 0 Å². The van der Waals surface area contributed by atoms with Crippen molar-refractivity contribution in [3.63, 3.8) is 0 Å². The van der Waals surface area contributed by atoms with Crippen LogP contribution in [0.25, 0.3) is 0 Å². The van der Waals surface area contributed by atoms with Crippen LogP contribution in [0.5, 0.6) is 0 Å². The summed E-state index contributed by atoms with van der Waals surface area (Å²) in [6.45, 7) is 20.5. The van der Waals surface area contributed by atoms with Crippen LogP contribution in [-0.2, 0) is 8.85 Å². The molecule has 0 aliphatic heterocycles. The molecular weight excluding hydrogens is 268 g/mol. The van der Waals surface area contributed by atoms with Gasteiger partial charge in [0.15, 0.2) is 18.1 Å². The minimum absolute atomic E-state index is 0.0433. The summed E-state index contributed by atoms with van der Waals surface area (Å²) in [6.07, 6.45) is 3.50. The van der Waals surface area contributed by atoms with E-state index in [0.717, 1.165) is 6.42 Å². The fourth-order valence-electron chi connectivity index (χ4n) is 1.40. The molecule has 4 heteroatoms. The first-order valence-electron chi connectivity index (χ1n) is 7.79. The summed E-state index contributed by atoms with van der Waals surface area (Å²) in [6, 6.07) is 0. The highest BCUT2D eigenvalue weighted by Gasteiger charge is 2.30. The summed E-state index contributed by atoms with van der Waals surface area (Å²) in [5, 5.41) is 0.612. The Morgan fingerprint density at radius 3 is 1.47 bits per heavy atom. The third-order valence-corrected chi connectivity index (χ3v) is 10.2. The second-order valence-electron chi connectivity index (χ2n) is 7.86. The highest BCUT2D eigenvalue weighted by molar-refractivity contribution is 6.55. The van der Waals surface area contributed by atoms with Gasteiger partial charge < -0.3 is 8.85 Å². The monoisotopic (exact) mass is 304 g/mol. The molecule has 0 aliphatic carbocycles. The van der Waals surface area contributed by atoms with Crippen LogP contribution < -0.4 is 0 Å². The zero-order valence-corrected chi connectivity index (χ0v) is 17.0. The third kappa shape index (κ3) is 8.28. The first-order chi connectivity index (χ1) is 8.48. The Balaban J connectivity index is 4.55. The number of rotatable bonds is 7. The lowest BCUT2D eigenvalue weighted by Crippen LogP contribution is -2.37. The van der Waals surface area contributed by atoms with Crippen LogP contribution in [0, 0.1) is 0 Å². The molecule has 0 aromatic rings. The van der Waals surface area contributed by atoms with Crippen molar-refractivity contribution in [3.05, 3.63) is 0 Å². The largest absolute Gasteiger partial charge is 0.396 e. The fraction of sp³-hybridized carbons (Fsp3) is 1.00. The lowest BCUT2D eigenvalue weighted by atomic mass is 10.2. The van der Waals surface area contributed by atoms with Gasteiger partial charge >= 0.3 is 0 Å². The van der Waals surface area contributed by atoms with Gasteiger partial charge in [-0.3, -0.25) is 0 Å². The molecule has 2 atom stereocenters. The quantitative estimate of drug-likeness (QED) is 0.495. The Bertz CT molecular complexity index is 222. The average Bonchev–Trinajstić information content (AvgIpc) is 2.22. The van der Waals surface area contributed by atoms with Crippen molar-refractivity contribution < 1.29 is 8.85 Å². The van der Waals surface area contributed by atoms with E-state index >= 15 is 0 Å². The summed E-state index contributed by atoms with van der Waals surface area (Å²) >= 11 is 0. The summed E-state index contributed by atoms with van der Waals surface area (Å²) in [7, 11) is -2.41. The summed E-state index contributed by atoms with van der Waals surface area (Å²) in [4.78, 5) is 0. The van der Waals surface area contributed by atoms with E-state index in [1.165, 1.54) is 12.8 Å². The Morgan fingerprint density at radius 1 is 0.842 bits per heavy atom. The maximum atomic E-state index is 6.33. The summed E-state index contributed by atoms with van der Waals surface area (Å²) in [5.41, 5.74) is 0. The molecule has 0 rings (SSSR count). The van der Waals surface area contributed by atoms with Crippen molar-refractivity contribution in [2.24, 2.45) is 0 Å². The molecule has 0 aromatic heterocycles. The molecule has 2 unspecified atom stereocenters. The SMILES string of the molecule is CCCCC(O[SiH](C)C(C)(C)C)O[SiH](C)C(C)(C)C. The smallest absolute Gasteiger partial charge is 0.182 e. The van der Waals surface area contributed by atoms with Gasteiger partial charge in [-0.2, -0.15) is 0 Å². The molecule has 116 valence electrons. The number of unbranched alkanes of at least 4 members (excludes halogenated alkanes) is 1. The fourth-order valence-corrected chi connectivity index (χ4v) is 3.66. The van der Waals surface area contributed by atoms with Crippen molar-refractivity contribution in [3.8, 4) is 0 Å². The topological polar surface area (TPSA) is 18.5 Å². The van der Waals surface area contributed by atoms with Gasteiger partial charge in [-0.25, -0.2) is 0 Å². The molecule has 0 bridgehead atoms. The molecule has 0 saturated carbocycles. The van der Waals surface area contributed by atoms with Gasteiger partial charge in [-0.1, -0.05) is 54.9 Å². The van der Waals surface area contributed by atoms with Gasteiger partial charge in [0.25, 0.3) is 0 Å². The Kier molecular flexibility index (Phi) is 8.11. The van der Waals surface area contributed by atoms with E-state index in [9.17, 15) is 0 Å². The Labute approximate surface area is 124 Å². The second kappa shape index (κ2) is 7.96. The van der Waals surface area contributed by atoms with E-state index in [1.54, 1.807) is 0 Å². The van der Waals surface area contributed by atoms with Crippen molar-refractivity contribution >= 4 is 18.1 Å². The third-order valence-electron chi connectivity index (χ3n) is 3.94. The van der Waals surface area contributed by atoms with Gasteiger partial charge in [0.05, 0.1) is 0 Å². The predicted octanol–water partition coefficient (Wildman–Crippen LogP) is 4.84. The van der Waals surface area contributed by atoms with E-state index in [0.29, 0.717) is 10.1 Å². The Morgan fingerprint density at radius 2 is 1.21 bits per heavy atom. The molecule has 0 aromatic carbocycles. The van der Waals surface area contributed by atoms with E-state index < -0.39 is 18.1 Å². The van der Waals surface area contributed by atoms with Crippen LogP contribution in [0.3, 0.4) is 0 Å². The molecule has 0 aliphatic rings. The van der Waals surface area contributed by atoms with Crippen molar-refractivity contribution in [1.29, 1.82) is 0 Å². The predicted molar refractivity (Wildman–Crippen MR) is 90.9 cm³/mol. The first-order valence-corrected chi connectivity index (χ1v) is 12.2. The van der Waals surface area contributed by atoms with Crippen LogP contribution in [-0.4, -0.2) is 24.4 Å². The molecule has 0 heterocycles. The molecular formula is C15H36O2Si2. The molecule has 0 radical (unpaired) electrons. The maximum Gasteiger partial charge on any atom is 0.182 e. The van der Waals surface area contributed by atoms with Crippen LogP contribution >= 0.6 is 0 Å². The van der Waals surface area contributed by atoms with Crippen molar-refractivity contribution in [2.45, 2.75) is 97.2 Å². The lowest BCUT2D eigenvalue weighted by Gasteiger charge is -2.34. The van der Waals surface area contributed by atoms with Crippen LogP contribution in [0.15, 0.2) is 0 Å². The lowest BCUT2D eigenvalue weighted by molar-refractivity contribution is -0.0130. The van der Waals surface area contributed by atoms with E-state index in [2.05, 4.69) is 61.6 Å². The van der Waals surface area contributed by atoms with Gasteiger partial charge in [0.2, 0.25) is 0 Å². The standard InChI is InChI=1S/C15H36O2Si2/c1-10-11-12-13(16-18(8)14(2,3)4)17-19(9)15(5,6)7/h13,18-19H,10-12H2,1-9H3. The van der Waals surface area contributed by atoms with Gasteiger partial charge in [0.1, 0.15) is 6.29 Å². The molecule has 0 fully saturated rings. The Hall–Kier alpha value is 0.354. The molecule has 0 saturated heterocycles. The highest BCUT2D eigenvalue weighted by atomic mass is 28.3. The second-order valence-corrected chi connectivity index (χ2v) is 14.4. The number of hydrogen-bond acceptors (Lipinski definition) is 2. The first kappa shape index (κ1) is 19.4. The maximum absolute atomic E-state index is 6.33. The van der Waals surface area contributed by atoms with Gasteiger partial charge in [-0.05, 0) is 36.0 Å². The highest BCUT2D eigenvalue weighted by Crippen LogP contribution is 2.32. The van der Waals surface area contributed by atoms with Crippen LogP contribution in [0.1, 0.15) is 67.7 Å². The molecule has 19 heavy (non-hydrogen) atoms. The zero-order chi connectivity index (χ0) is 15.3. The molecule has 0 amide bonds. The van der Waals surface area contributed by atoms with Crippen LogP contribution in [0.2, 0.25) is 23.2 Å². The minimum Gasteiger partial charge on any atom is -0.396 e. The molecule has 0 spiro atoms. The van der Waals surface area contributed by atoms with E-state index in [4.69, 9.17) is 8.85 Å². The normalized spacial score (nSPS) is 18.2. The number of hydrogen-bond donors (Lipinski definition) is 0. The zero-order valence-electron chi connectivity index (χ0n) is 14.7. The van der Waals surface area contributed by atoms with Crippen molar-refractivity contribution in [2.75, 3.05) is 0 Å². The summed E-state index contributed by atoms with van der Waals surface area (Å²) < 4.78 is 12.7. The van der Waals surface area contributed by atoms with E-state index in [1.807, 2.05) is 0 Å². The molecule has 2 nitrogen and oxygen atoms in total. The van der Waals surface area contributed by atoms with Crippen LogP contribution in [0.4, 0.5) is 0 Å². The van der Waals surface area contributed by atoms with Gasteiger partial charge in [-0.15, -0.1) is 0 Å². The average molecular weight is 305 g/mol.